The SMILES string of the molecule is CCc1ccccc1OC1(C)CCNC1. The molecule has 1 N–H and O–H groups in total. The molecule has 0 spiro atoms. The van der Waals surface area contributed by atoms with Gasteiger partial charge in [-0.05, 0) is 31.5 Å². The van der Waals surface area contributed by atoms with Crippen molar-refractivity contribution < 1.29 is 4.74 Å². The molecule has 82 valence electrons. The Balaban J connectivity index is 2.16. The van der Waals surface area contributed by atoms with Crippen LogP contribution < -0.4 is 10.1 Å². The Morgan fingerprint density at radius 2 is 2.20 bits per heavy atom. The minimum atomic E-state index is -0.0225. The van der Waals surface area contributed by atoms with E-state index in [1.54, 1.807) is 0 Å². The number of para-hydroxylation sites is 1. The van der Waals surface area contributed by atoms with Crippen molar-refractivity contribution in [1.82, 2.24) is 5.32 Å². The van der Waals surface area contributed by atoms with Crippen LogP contribution in [0, 0.1) is 0 Å². The molecule has 0 aliphatic carbocycles. The zero-order valence-corrected chi connectivity index (χ0v) is 9.55. The van der Waals surface area contributed by atoms with Crippen LogP contribution >= 0.6 is 0 Å². The first kappa shape index (κ1) is 10.5. The molecule has 2 nitrogen and oxygen atoms in total. The molecule has 1 unspecified atom stereocenters. The maximum Gasteiger partial charge on any atom is 0.123 e. The lowest BCUT2D eigenvalue weighted by molar-refractivity contribution is 0.109. The van der Waals surface area contributed by atoms with Crippen LogP contribution in [-0.4, -0.2) is 18.7 Å². The standard InChI is InChI=1S/C13H19NO/c1-3-11-6-4-5-7-12(11)15-13(2)8-9-14-10-13/h4-7,14H,3,8-10H2,1-2H3. The summed E-state index contributed by atoms with van der Waals surface area (Å²) < 4.78 is 6.12. The van der Waals surface area contributed by atoms with E-state index >= 15 is 0 Å². The van der Waals surface area contributed by atoms with Crippen molar-refractivity contribution in [3.8, 4) is 5.75 Å². The number of rotatable bonds is 3. The number of hydrogen-bond acceptors (Lipinski definition) is 2. The topological polar surface area (TPSA) is 21.3 Å². The Bertz CT molecular complexity index is 329. The zero-order chi connectivity index (χ0) is 10.7. The summed E-state index contributed by atoms with van der Waals surface area (Å²) in [6, 6.07) is 8.32. The van der Waals surface area contributed by atoms with Crippen LogP contribution in [0.3, 0.4) is 0 Å². The highest BCUT2D eigenvalue weighted by Gasteiger charge is 2.30. The van der Waals surface area contributed by atoms with Crippen molar-refractivity contribution >= 4 is 0 Å². The van der Waals surface area contributed by atoms with Crippen LogP contribution in [0.5, 0.6) is 5.75 Å². The third-order valence-corrected chi connectivity index (χ3v) is 3.04. The molecule has 0 bridgehead atoms. The smallest absolute Gasteiger partial charge is 0.123 e. The maximum atomic E-state index is 6.12. The van der Waals surface area contributed by atoms with Crippen LogP contribution in [0.1, 0.15) is 25.8 Å². The molecule has 1 saturated heterocycles. The van der Waals surface area contributed by atoms with Crippen LogP contribution in [0.4, 0.5) is 0 Å². The van der Waals surface area contributed by atoms with Gasteiger partial charge in [-0.15, -0.1) is 0 Å². The Morgan fingerprint density at radius 1 is 1.40 bits per heavy atom. The number of nitrogens with one attached hydrogen (secondary N) is 1. The summed E-state index contributed by atoms with van der Waals surface area (Å²) in [6.45, 7) is 6.35. The van der Waals surface area contributed by atoms with Crippen molar-refractivity contribution in [2.75, 3.05) is 13.1 Å². The van der Waals surface area contributed by atoms with Gasteiger partial charge < -0.3 is 10.1 Å². The highest BCUT2D eigenvalue weighted by Crippen LogP contribution is 2.26. The van der Waals surface area contributed by atoms with Crippen molar-refractivity contribution in [2.24, 2.45) is 0 Å². The number of benzene rings is 1. The fraction of sp³-hybridized carbons (Fsp3) is 0.538. The first-order chi connectivity index (χ1) is 7.23. The molecule has 0 aromatic heterocycles. The van der Waals surface area contributed by atoms with E-state index in [9.17, 15) is 0 Å². The molecule has 1 fully saturated rings. The largest absolute Gasteiger partial charge is 0.486 e. The summed E-state index contributed by atoms with van der Waals surface area (Å²) in [6.07, 6.45) is 2.12. The normalized spacial score (nSPS) is 25.5. The van der Waals surface area contributed by atoms with E-state index in [0.717, 1.165) is 31.7 Å². The van der Waals surface area contributed by atoms with Crippen LogP contribution in [-0.2, 0) is 6.42 Å². The van der Waals surface area contributed by atoms with Crippen molar-refractivity contribution in [2.45, 2.75) is 32.3 Å². The number of ether oxygens (including phenoxy) is 1. The van der Waals surface area contributed by atoms with Gasteiger partial charge in [-0.3, -0.25) is 0 Å². The molecular formula is C13H19NO. The molecule has 1 aliphatic rings. The van der Waals surface area contributed by atoms with E-state index in [4.69, 9.17) is 4.74 Å². The van der Waals surface area contributed by atoms with E-state index in [-0.39, 0.29) is 5.60 Å². The van der Waals surface area contributed by atoms with Crippen molar-refractivity contribution in [3.63, 3.8) is 0 Å². The predicted molar refractivity (Wildman–Crippen MR) is 62.3 cm³/mol. The maximum absolute atomic E-state index is 6.12. The fourth-order valence-corrected chi connectivity index (χ4v) is 2.04. The molecule has 1 aliphatic heterocycles. The Labute approximate surface area is 91.6 Å². The van der Waals surface area contributed by atoms with Gasteiger partial charge in [0.05, 0.1) is 0 Å². The van der Waals surface area contributed by atoms with Gasteiger partial charge in [0, 0.05) is 13.0 Å². The molecule has 0 saturated carbocycles. The average Bonchev–Trinajstić information content (AvgIpc) is 2.66. The molecule has 1 heterocycles. The number of hydrogen-bond donors (Lipinski definition) is 1. The minimum absolute atomic E-state index is 0.0225. The Morgan fingerprint density at radius 3 is 2.87 bits per heavy atom. The second-order valence-electron chi connectivity index (χ2n) is 4.44. The minimum Gasteiger partial charge on any atom is -0.486 e. The number of aryl methyl sites for hydroxylation is 1. The van der Waals surface area contributed by atoms with E-state index in [2.05, 4.69) is 37.4 Å². The van der Waals surface area contributed by atoms with E-state index in [1.165, 1.54) is 5.56 Å². The first-order valence-corrected chi connectivity index (χ1v) is 5.71. The molecule has 2 rings (SSSR count). The lowest BCUT2D eigenvalue weighted by Gasteiger charge is -2.26. The van der Waals surface area contributed by atoms with E-state index in [1.807, 2.05) is 6.07 Å². The highest BCUT2D eigenvalue weighted by atomic mass is 16.5. The molecule has 0 amide bonds. The predicted octanol–water partition coefficient (Wildman–Crippen LogP) is 2.38. The van der Waals surface area contributed by atoms with Gasteiger partial charge in [-0.25, -0.2) is 0 Å². The summed E-state index contributed by atoms with van der Waals surface area (Å²) in [5.41, 5.74) is 1.27. The first-order valence-electron chi connectivity index (χ1n) is 5.71. The van der Waals surface area contributed by atoms with Gasteiger partial charge in [0.15, 0.2) is 0 Å². The molecule has 1 aromatic rings. The molecule has 2 heteroatoms. The average molecular weight is 205 g/mol. The van der Waals surface area contributed by atoms with Gasteiger partial charge in [-0.1, -0.05) is 25.1 Å². The molecule has 0 radical (unpaired) electrons. The molecular weight excluding hydrogens is 186 g/mol. The second kappa shape index (κ2) is 4.23. The van der Waals surface area contributed by atoms with E-state index in [0.29, 0.717) is 0 Å². The Hall–Kier alpha value is -1.02. The van der Waals surface area contributed by atoms with Crippen LogP contribution in [0.15, 0.2) is 24.3 Å². The van der Waals surface area contributed by atoms with Crippen molar-refractivity contribution in [1.29, 1.82) is 0 Å². The van der Waals surface area contributed by atoms with Gasteiger partial charge >= 0.3 is 0 Å². The Kier molecular flexibility index (Phi) is 2.96. The van der Waals surface area contributed by atoms with Gasteiger partial charge in [0.2, 0.25) is 0 Å². The highest BCUT2D eigenvalue weighted by molar-refractivity contribution is 5.33. The summed E-state index contributed by atoms with van der Waals surface area (Å²) in [7, 11) is 0. The van der Waals surface area contributed by atoms with Gasteiger partial charge in [-0.2, -0.15) is 0 Å². The summed E-state index contributed by atoms with van der Waals surface area (Å²) in [5.74, 6) is 1.05. The van der Waals surface area contributed by atoms with Gasteiger partial charge in [0.25, 0.3) is 0 Å². The molecule has 15 heavy (non-hydrogen) atoms. The second-order valence-corrected chi connectivity index (χ2v) is 4.44. The van der Waals surface area contributed by atoms with E-state index < -0.39 is 0 Å². The zero-order valence-electron chi connectivity index (χ0n) is 9.55. The van der Waals surface area contributed by atoms with Crippen molar-refractivity contribution in [3.05, 3.63) is 29.8 Å². The molecule has 1 aromatic carbocycles. The lowest BCUT2D eigenvalue weighted by atomic mass is 10.1. The fourth-order valence-electron chi connectivity index (χ4n) is 2.04. The third kappa shape index (κ3) is 2.32. The lowest BCUT2D eigenvalue weighted by Crippen LogP contribution is -2.34. The summed E-state index contributed by atoms with van der Waals surface area (Å²) >= 11 is 0. The van der Waals surface area contributed by atoms with Crippen LogP contribution in [0.25, 0.3) is 0 Å². The van der Waals surface area contributed by atoms with Gasteiger partial charge in [0.1, 0.15) is 11.4 Å². The van der Waals surface area contributed by atoms with Crippen LogP contribution in [0.2, 0.25) is 0 Å². The monoisotopic (exact) mass is 205 g/mol. The summed E-state index contributed by atoms with van der Waals surface area (Å²) in [5, 5.41) is 3.35. The quantitative estimate of drug-likeness (QED) is 0.818. The molecule has 1 atom stereocenters. The summed E-state index contributed by atoms with van der Waals surface area (Å²) in [4.78, 5) is 0. The third-order valence-electron chi connectivity index (χ3n) is 3.04.